The maximum Gasteiger partial charge on any atom is 0.264 e. The van der Waals surface area contributed by atoms with E-state index in [1.165, 1.54) is 11.4 Å². The lowest BCUT2D eigenvalue weighted by Gasteiger charge is -2.19. The standard InChI is InChI=1S/C16H16BrNO3S/c1-3-12-21-15-8-6-14(7-9-15)18(2)22(19,20)16-10-4-13(17)5-11-16/h3-11H,1,12H2,2H3. The Morgan fingerprint density at radius 3 is 2.27 bits per heavy atom. The molecule has 0 aliphatic rings. The first-order valence-electron chi connectivity index (χ1n) is 6.53. The number of benzene rings is 2. The fraction of sp³-hybridized carbons (Fsp3) is 0.125. The summed E-state index contributed by atoms with van der Waals surface area (Å²) in [4.78, 5) is 0.241. The molecule has 6 heteroatoms. The van der Waals surface area contributed by atoms with Gasteiger partial charge in [0.05, 0.1) is 10.6 Å². The first kappa shape index (κ1) is 16.6. The maximum absolute atomic E-state index is 12.6. The predicted molar refractivity (Wildman–Crippen MR) is 91.9 cm³/mol. The summed E-state index contributed by atoms with van der Waals surface area (Å²) in [6.45, 7) is 3.99. The lowest BCUT2D eigenvalue weighted by molar-refractivity contribution is 0.363. The van der Waals surface area contributed by atoms with Crippen LogP contribution in [0.1, 0.15) is 0 Å². The number of rotatable bonds is 6. The third kappa shape index (κ3) is 3.69. The van der Waals surface area contributed by atoms with Crippen LogP contribution in [0.3, 0.4) is 0 Å². The third-order valence-electron chi connectivity index (χ3n) is 3.04. The van der Waals surface area contributed by atoms with E-state index in [-0.39, 0.29) is 4.90 Å². The Hall–Kier alpha value is -1.79. The van der Waals surface area contributed by atoms with E-state index in [4.69, 9.17) is 4.74 Å². The molecule has 0 aliphatic carbocycles. The lowest BCUT2D eigenvalue weighted by Crippen LogP contribution is -2.26. The molecule has 0 aliphatic heterocycles. The molecule has 0 bridgehead atoms. The minimum absolute atomic E-state index is 0.241. The van der Waals surface area contributed by atoms with Crippen molar-refractivity contribution in [1.29, 1.82) is 0 Å². The third-order valence-corrected chi connectivity index (χ3v) is 5.37. The van der Waals surface area contributed by atoms with E-state index < -0.39 is 10.0 Å². The highest BCUT2D eigenvalue weighted by atomic mass is 79.9. The zero-order valence-corrected chi connectivity index (χ0v) is 14.5. The Balaban J connectivity index is 2.24. The van der Waals surface area contributed by atoms with Crippen molar-refractivity contribution in [1.82, 2.24) is 0 Å². The molecule has 116 valence electrons. The van der Waals surface area contributed by atoms with Crippen LogP contribution in [0.25, 0.3) is 0 Å². The molecule has 2 aromatic rings. The van der Waals surface area contributed by atoms with E-state index in [0.717, 1.165) is 4.47 Å². The van der Waals surface area contributed by atoms with Gasteiger partial charge >= 0.3 is 0 Å². The second kappa shape index (κ2) is 6.98. The SMILES string of the molecule is C=CCOc1ccc(N(C)S(=O)(=O)c2ccc(Br)cc2)cc1. The summed E-state index contributed by atoms with van der Waals surface area (Å²) in [5.41, 5.74) is 0.564. The summed E-state index contributed by atoms with van der Waals surface area (Å²) in [7, 11) is -2.06. The van der Waals surface area contributed by atoms with Crippen LogP contribution in [0.4, 0.5) is 5.69 Å². The van der Waals surface area contributed by atoms with Gasteiger partial charge in [0.25, 0.3) is 10.0 Å². The molecule has 0 atom stereocenters. The molecule has 0 fully saturated rings. The van der Waals surface area contributed by atoms with Crippen LogP contribution in [-0.2, 0) is 10.0 Å². The van der Waals surface area contributed by atoms with Crippen molar-refractivity contribution in [2.24, 2.45) is 0 Å². The molecule has 2 aromatic carbocycles. The van der Waals surface area contributed by atoms with Crippen LogP contribution in [0, 0.1) is 0 Å². The zero-order valence-electron chi connectivity index (χ0n) is 12.1. The van der Waals surface area contributed by atoms with Crippen molar-refractivity contribution in [2.45, 2.75) is 4.90 Å². The van der Waals surface area contributed by atoms with Gasteiger partial charge < -0.3 is 4.74 Å². The van der Waals surface area contributed by atoms with Gasteiger partial charge in [0.1, 0.15) is 12.4 Å². The molecule has 0 N–H and O–H groups in total. The Morgan fingerprint density at radius 2 is 1.73 bits per heavy atom. The molecule has 0 unspecified atom stereocenters. The van der Waals surface area contributed by atoms with E-state index in [9.17, 15) is 8.42 Å². The van der Waals surface area contributed by atoms with Gasteiger partial charge in [-0.15, -0.1) is 0 Å². The number of sulfonamides is 1. The van der Waals surface area contributed by atoms with Crippen LogP contribution < -0.4 is 9.04 Å². The largest absolute Gasteiger partial charge is 0.490 e. The molecule has 4 nitrogen and oxygen atoms in total. The van der Waals surface area contributed by atoms with Gasteiger partial charge in [-0.05, 0) is 48.5 Å². The zero-order chi connectivity index (χ0) is 16.2. The van der Waals surface area contributed by atoms with E-state index in [0.29, 0.717) is 18.0 Å². The fourth-order valence-corrected chi connectivity index (χ4v) is 3.27. The molecular formula is C16H16BrNO3S. The van der Waals surface area contributed by atoms with E-state index in [1.807, 2.05) is 0 Å². The van der Waals surface area contributed by atoms with Crippen molar-refractivity contribution in [3.8, 4) is 5.75 Å². The molecule has 0 amide bonds. The monoisotopic (exact) mass is 381 g/mol. The second-order valence-electron chi connectivity index (χ2n) is 4.52. The van der Waals surface area contributed by atoms with E-state index in [1.54, 1.807) is 54.6 Å². The van der Waals surface area contributed by atoms with Crippen molar-refractivity contribution in [3.63, 3.8) is 0 Å². The van der Waals surface area contributed by atoms with Crippen LogP contribution in [0.5, 0.6) is 5.75 Å². The highest BCUT2D eigenvalue weighted by Crippen LogP contribution is 2.25. The fourth-order valence-electron chi connectivity index (χ4n) is 1.81. The molecule has 0 saturated heterocycles. The first-order chi connectivity index (χ1) is 10.4. The Bertz CT molecular complexity index is 740. The highest BCUT2D eigenvalue weighted by molar-refractivity contribution is 9.10. The van der Waals surface area contributed by atoms with Crippen LogP contribution in [0.15, 0.2) is 70.6 Å². The summed E-state index contributed by atoms with van der Waals surface area (Å²) in [5.74, 6) is 0.665. The molecule has 0 spiro atoms. The average molecular weight is 382 g/mol. The van der Waals surface area contributed by atoms with E-state index in [2.05, 4.69) is 22.5 Å². The molecular weight excluding hydrogens is 366 g/mol. The van der Waals surface area contributed by atoms with Crippen molar-refractivity contribution in [3.05, 3.63) is 65.7 Å². The molecule has 0 radical (unpaired) electrons. The summed E-state index contributed by atoms with van der Waals surface area (Å²) in [6.07, 6.45) is 1.65. The number of anilines is 1. The number of hydrogen-bond donors (Lipinski definition) is 0. The smallest absolute Gasteiger partial charge is 0.264 e. The summed E-state index contributed by atoms with van der Waals surface area (Å²) in [5, 5.41) is 0. The van der Waals surface area contributed by atoms with Crippen LogP contribution >= 0.6 is 15.9 Å². The maximum atomic E-state index is 12.6. The Morgan fingerprint density at radius 1 is 1.14 bits per heavy atom. The van der Waals surface area contributed by atoms with Crippen molar-refractivity contribution in [2.75, 3.05) is 18.0 Å². The predicted octanol–water partition coefficient (Wildman–Crippen LogP) is 3.84. The van der Waals surface area contributed by atoms with Crippen molar-refractivity contribution < 1.29 is 13.2 Å². The minimum Gasteiger partial charge on any atom is -0.490 e. The molecule has 22 heavy (non-hydrogen) atoms. The number of halogens is 1. The van der Waals surface area contributed by atoms with Gasteiger partial charge in [0.15, 0.2) is 0 Å². The normalized spacial score (nSPS) is 11.0. The van der Waals surface area contributed by atoms with Gasteiger partial charge in [0.2, 0.25) is 0 Å². The molecule has 2 rings (SSSR count). The van der Waals surface area contributed by atoms with Crippen LogP contribution in [-0.4, -0.2) is 22.1 Å². The summed E-state index contributed by atoms with van der Waals surface area (Å²) in [6, 6.07) is 13.4. The van der Waals surface area contributed by atoms with Crippen molar-refractivity contribution >= 4 is 31.6 Å². The van der Waals surface area contributed by atoms with Gasteiger partial charge in [-0.25, -0.2) is 8.42 Å². The number of ether oxygens (including phenoxy) is 1. The van der Waals surface area contributed by atoms with Gasteiger partial charge in [-0.2, -0.15) is 0 Å². The van der Waals surface area contributed by atoms with Crippen LogP contribution in [0.2, 0.25) is 0 Å². The Labute approximate surface area is 139 Å². The topological polar surface area (TPSA) is 46.6 Å². The highest BCUT2D eigenvalue weighted by Gasteiger charge is 2.21. The molecule has 0 heterocycles. The van der Waals surface area contributed by atoms with E-state index >= 15 is 0 Å². The Kier molecular flexibility index (Phi) is 5.26. The molecule has 0 aromatic heterocycles. The summed E-state index contributed by atoms with van der Waals surface area (Å²) < 4.78 is 32.6. The lowest BCUT2D eigenvalue weighted by atomic mass is 10.3. The quantitative estimate of drug-likeness (QED) is 0.714. The first-order valence-corrected chi connectivity index (χ1v) is 8.76. The summed E-state index contributed by atoms with van der Waals surface area (Å²) >= 11 is 3.29. The molecule has 0 saturated carbocycles. The van der Waals surface area contributed by atoms with Gasteiger partial charge in [-0.3, -0.25) is 4.31 Å². The average Bonchev–Trinajstić information content (AvgIpc) is 2.53. The number of hydrogen-bond acceptors (Lipinski definition) is 3. The van der Waals surface area contributed by atoms with Gasteiger partial charge in [0, 0.05) is 11.5 Å². The second-order valence-corrected chi connectivity index (χ2v) is 7.40. The minimum atomic E-state index is -3.58. The number of nitrogens with zero attached hydrogens (tertiary/aromatic N) is 1. The van der Waals surface area contributed by atoms with Gasteiger partial charge in [-0.1, -0.05) is 28.6 Å².